The number of nitrogens with zero attached hydrogens (tertiary/aromatic N) is 3. The molecule has 0 fully saturated rings. The fourth-order valence-corrected chi connectivity index (χ4v) is 3.28. The van der Waals surface area contributed by atoms with E-state index in [1.54, 1.807) is 24.3 Å². The zero-order valence-electron chi connectivity index (χ0n) is 15.7. The van der Waals surface area contributed by atoms with Crippen molar-refractivity contribution in [1.29, 1.82) is 0 Å². The van der Waals surface area contributed by atoms with E-state index in [9.17, 15) is 20.2 Å². The number of hydrogen-bond donors (Lipinski definition) is 1. The molecule has 0 aliphatic carbocycles. The van der Waals surface area contributed by atoms with Crippen LogP contribution in [0.5, 0.6) is 5.75 Å². The largest absolute Gasteiger partial charge is 0.488 e. The van der Waals surface area contributed by atoms with Crippen molar-refractivity contribution < 1.29 is 14.6 Å². The highest BCUT2D eigenvalue weighted by molar-refractivity contribution is 9.10. The van der Waals surface area contributed by atoms with Crippen LogP contribution in [0.15, 0.2) is 70.2 Å². The molecule has 3 aromatic carbocycles. The zero-order valence-corrected chi connectivity index (χ0v) is 18.0. The van der Waals surface area contributed by atoms with Gasteiger partial charge in [-0.2, -0.15) is 5.10 Å². The number of anilines is 1. The van der Waals surface area contributed by atoms with E-state index in [1.165, 1.54) is 12.3 Å². The van der Waals surface area contributed by atoms with Crippen molar-refractivity contribution in [2.45, 2.75) is 6.61 Å². The van der Waals surface area contributed by atoms with Crippen LogP contribution in [-0.4, -0.2) is 16.1 Å². The molecule has 0 bridgehead atoms. The molecule has 158 valence electrons. The summed E-state index contributed by atoms with van der Waals surface area (Å²) in [4.78, 5) is 20.5. The molecule has 0 radical (unpaired) electrons. The Morgan fingerprint density at radius 1 is 1.06 bits per heavy atom. The van der Waals surface area contributed by atoms with Crippen molar-refractivity contribution in [3.8, 4) is 5.75 Å². The Kier molecular flexibility index (Phi) is 7.16. The zero-order chi connectivity index (χ0) is 22.4. The van der Waals surface area contributed by atoms with Crippen LogP contribution in [0.1, 0.15) is 11.1 Å². The van der Waals surface area contributed by atoms with Crippen LogP contribution in [-0.2, 0) is 6.61 Å². The van der Waals surface area contributed by atoms with Gasteiger partial charge >= 0.3 is 5.69 Å². The maximum absolute atomic E-state index is 11.2. The highest BCUT2D eigenvalue weighted by Gasteiger charge is 2.19. The van der Waals surface area contributed by atoms with Crippen LogP contribution in [0.25, 0.3) is 0 Å². The molecule has 1 N–H and O–H groups in total. The molecular weight excluding hydrogens is 492 g/mol. The second kappa shape index (κ2) is 10.0. The molecule has 0 unspecified atom stereocenters. The second-order valence-electron chi connectivity index (χ2n) is 6.19. The van der Waals surface area contributed by atoms with Crippen LogP contribution >= 0.6 is 27.5 Å². The van der Waals surface area contributed by atoms with E-state index < -0.39 is 15.5 Å². The van der Waals surface area contributed by atoms with Gasteiger partial charge in [-0.1, -0.05) is 23.7 Å². The number of halogens is 2. The van der Waals surface area contributed by atoms with Gasteiger partial charge in [-0.15, -0.1) is 0 Å². The Balaban J connectivity index is 1.67. The second-order valence-corrected chi connectivity index (χ2v) is 7.48. The van der Waals surface area contributed by atoms with Gasteiger partial charge in [0.25, 0.3) is 5.69 Å². The van der Waals surface area contributed by atoms with Gasteiger partial charge in [0, 0.05) is 11.1 Å². The van der Waals surface area contributed by atoms with Crippen molar-refractivity contribution in [2.75, 3.05) is 5.43 Å². The number of non-ortho nitro benzene ring substituents is 1. The molecule has 0 spiro atoms. The summed E-state index contributed by atoms with van der Waals surface area (Å²) in [7, 11) is 0. The van der Waals surface area contributed by atoms with Crippen LogP contribution in [0, 0.1) is 20.2 Å². The highest BCUT2D eigenvalue weighted by atomic mass is 79.9. The number of nitro groups is 2. The molecule has 9 nitrogen and oxygen atoms in total. The molecule has 31 heavy (non-hydrogen) atoms. The minimum absolute atomic E-state index is 0.0346. The smallest absolute Gasteiger partial charge is 0.301 e. The van der Waals surface area contributed by atoms with Gasteiger partial charge in [0.15, 0.2) is 0 Å². The number of ether oxygens (including phenoxy) is 1. The Bertz CT molecular complexity index is 1170. The Morgan fingerprint density at radius 3 is 2.55 bits per heavy atom. The summed E-state index contributed by atoms with van der Waals surface area (Å²) in [5.74, 6) is 0.621. The Hall–Kier alpha value is -3.50. The third-order valence-electron chi connectivity index (χ3n) is 4.03. The third-order valence-corrected chi connectivity index (χ3v) is 4.88. The number of rotatable bonds is 8. The molecule has 3 aromatic rings. The first-order valence-electron chi connectivity index (χ1n) is 8.72. The molecule has 0 heterocycles. The SMILES string of the molecule is O=[N+]([O-])c1ccc(N/N=C/c2ccc(OCc3cccc(Cl)c3)c(Br)c2)c([N+](=O)[O-])c1. The van der Waals surface area contributed by atoms with Gasteiger partial charge in [0.05, 0.1) is 26.6 Å². The average molecular weight is 506 g/mol. The summed E-state index contributed by atoms with van der Waals surface area (Å²) in [5.41, 5.74) is 3.38. The van der Waals surface area contributed by atoms with E-state index in [-0.39, 0.29) is 11.4 Å². The lowest BCUT2D eigenvalue weighted by atomic mass is 10.2. The van der Waals surface area contributed by atoms with E-state index in [0.717, 1.165) is 17.7 Å². The number of nitrogens with one attached hydrogen (secondary N) is 1. The molecular formula is C20H14BrClN4O5. The molecule has 0 saturated heterocycles. The molecule has 3 rings (SSSR count). The van der Waals surface area contributed by atoms with Crippen molar-refractivity contribution in [1.82, 2.24) is 0 Å². The molecule has 0 amide bonds. The van der Waals surface area contributed by atoms with Crippen molar-refractivity contribution in [3.05, 3.63) is 102 Å². The maximum atomic E-state index is 11.2. The van der Waals surface area contributed by atoms with E-state index in [2.05, 4.69) is 26.5 Å². The quantitative estimate of drug-likeness (QED) is 0.230. The van der Waals surface area contributed by atoms with Gasteiger partial charge in [-0.05, 0) is 63.5 Å². The van der Waals surface area contributed by atoms with Gasteiger partial charge in [-0.25, -0.2) is 0 Å². The van der Waals surface area contributed by atoms with E-state index in [1.807, 2.05) is 18.2 Å². The standard InChI is InChI=1S/C20H14BrClN4O5/c21-17-9-13(4-7-20(17)31-12-14-2-1-3-15(22)8-14)11-23-24-18-6-5-16(25(27)28)10-19(18)26(29)30/h1-11,24H,12H2/b23-11+. The molecule has 0 aromatic heterocycles. The number of hydrazone groups is 1. The van der Waals surface area contributed by atoms with Gasteiger partial charge in [-0.3, -0.25) is 25.7 Å². The summed E-state index contributed by atoms with van der Waals surface area (Å²) in [6, 6.07) is 15.9. The Morgan fingerprint density at radius 2 is 1.87 bits per heavy atom. The summed E-state index contributed by atoms with van der Waals surface area (Å²) in [5, 5.41) is 26.6. The topological polar surface area (TPSA) is 120 Å². The summed E-state index contributed by atoms with van der Waals surface area (Å²) < 4.78 is 6.48. The Labute approximate surface area is 189 Å². The van der Waals surface area contributed by atoms with E-state index in [4.69, 9.17) is 16.3 Å². The first-order chi connectivity index (χ1) is 14.8. The number of nitro benzene ring substituents is 2. The fraction of sp³-hybridized carbons (Fsp3) is 0.0500. The number of hydrogen-bond acceptors (Lipinski definition) is 7. The maximum Gasteiger partial charge on any atom is 0.301 e. The molecule has 0 atom stereocenters. The minimum atomic E-state index is -0.715. The van der Waals surface area contributed by atoms with Crippen LogP contribution in [0.3, 0.4) is 0 Å². The first-order valence-corrected chi connectivity index (χ1v) is 9.89. The summed E-state index contributed by atoms with van der Waals surface area (Å²) in [6.45, 7) is 0.345. The van der Waals surface area contributed by atoms with E-state index in [0.29, 0.717) is 27.4 Å². The van der Waals surface area contributed by atoms with Gasteiger partial charge < -0.3 is 4.74 Å². The lowest BCUT2D eigenvalue weighted by Crippen LogP contribution is -1.99. The lowest BCUT2D eigenvalue weighted by molar-refractivity contribution is -0.393. The lowest BCUT2D eigenvalue weighted by Gasteiger charge is -2.09. The van der Waals surface area contributed by atoms with Crippen molar-refractivity contribution in [2.24, 2.45) is 5.10 Å². The normalized spacial score (nSPS) is 10.8. The molecule has 0 saturated carbocycles. The van der Waals surface area contributed by atoms with Crippen molar-refractivity contribution >= 4 is 50.8 Å². The first kappa shape index (κ1) is 22.2. The average Bonchev–Trinajstić information content (AvgIpc) is 2.73. The van der Waals surface area contributed by atoms with Gasteiger partial charge in [0.1, 0.15) is 18.0 Å². The fourth-order valence-electron chi connectivity index (χ4n) is 2.56. The monoisotopic (exact) mass is 504 g/mol. The predicted molar refractivity (Wildman–Crippen MR) is 121 cm³/mol. The highest BCUT2D eigenvalue weighted by Crippen LogP contribution is 2.29. The third kappa shape index (κ3) is 6.00. The van der Waals surface area contributed by atoms with Crippen LogP contribution in [0.4, 0.5) is 17.1 Å². The predicted octanol–water partition coefficient (Wildman–Crippen LogP) is 5.94. The summed E-state index contributed by atoms with van der Waals surface area (Å²) >= 11 is 9.41. The van der Waals surface area contributed by atoms with Gasteiger partial charge in [0.2, 0.25) is 0 Å². The number of benzene rings is 3. The van der Waals surface area contributed by atoms with E-state index >= 15 is 0 Å². The van der Waals surface area contributed by atoms with Crippen LogP contribution < -0.4 is 10.2 Å². The molecule has 0 aliphatic heterocycles. The molecule has 0 aliphatic rings. The minimum Gasteiger partial charge on any atom is -0.488 e. The van der Waals surface area contributed by atoms with Crippen LogP contribution in [0.2, 0.25) is 5.02 Å². The summed E-state index contributed by atoms with van der Waals surface area (Å²) in [6.07, 6.45) is 1.46. The molecule has 11 heteroatoms. The van der Waals surface area contributed by atoms with Crippen molar-refractivity contribution in [3.63, 3.8) is 0 Å².